The maximum atomic E-state index is 5.58. The second kappa shape index (κ2) is 6.41. The Bertz CT molecular complexity index is 302. The van der Waals surface area contributed by atoms with Crippen LogP contribution in [0.3, 0.4) is 0 Å². The Kier molecular flexibility index (Phi) is 4.86. The fraction of sp³-hybridized carbons (Fsp3) is 0.538. The Morgan fingerprint density at radius 1 is 1.38 bits per heavy atom. The molecule has 3 heteroatoms. The molecule has 1 heterocycles. The summed E-state index contributed by atoms with van der Waals surface area (Å²) in [4.78, 5) is 0. The first-order chi connectivity index (χ1) is 7.88. The van der Waals surface area contributed by atoms with Gasteiger partial charge in [0.05, 0.1) is 0 Å². The normalized spacial score (nSPS) is 24.8. The van der Waals surface area contributed by atoms with E-state index in [9.17, 15) is 0 Å². The van der Waals surface area contributed by atoms with Gasteiger partial charge < -0.3 is 0 Å². The van der Waals surface area contributed by atoms with E-state index >= 15 is 0 Å². The molecule has 0 aliphatic carbocycles. The number of rotatable bonds is 5. The van der Waals surface area contributed by atoms with Gasteiger partial charge in [0, 0.05) is 0 Å². The fourth-order valence-electron chi connectivity index (χ4n) is 1.80. The number of benzene rings is 1. The molecule has 88 valence electrons. The van der Waals surface area contributed by atoms with Crippen molar-refractivity contribution in [2.45, 2.75) is 25.0 Å². The molecule has 0 amide bonds. The molecule has 2 nitrogen and oxygen atoms in total. The molecule has 16 heavy (non-hydrogen) atoms. The molecule has 0 aromatic heterocycles. The molecule has 1 aromatic carbocycles. The van der Waals surface area contributed by atoms with Crippen LogP contribution in [0.5, 0.6) is 0 Å². The second-order valence-electron chi connectivity index (χ2n) is 3.94. The monoisotopic (exact) mass is 286 g/mol. The molecule has 0 N–H and O–H groups in total. The summed E-state index contributed by atoms with van der Waals surface area (Å²) in [6, 6.07) is 10.7. The Morgan fingerprint density at radius 2 is 2.19 bits per heavy atom. The third-order valence-electron chi connectivity index (χ3n) is 2.63. The maximum absolute atomic E-state index is 5.58. The van der Waals surface area contributed by atoms with Gasteiger partial charge in [-0.2, -0.15) is 0 Å². The first-order valence-corrected chi connectivity index (χ1v) is 7.86. The van der Waals surface area contributed by atoms with Crippen LogP contribution in [-0.2, 0) is 9.47 Å². The van der Waals surface area contributed by atoms with Crippen LogP contribution in [0.1, 0.15) is 13.3 Å². The standard InChI is InChI=1S/C13H18O2Se/c1-2-14-13-8-11(9-15-13)10-16-12-6-4-3-5-7-12/h3-7,11,13H,2,8-10H2,1H3/t11-,13+/m0/s1. The minimum atomic E-state index is 0.0570. The zero-order valence-corrected chi connectivity index (χ0v) is 11.3. The van der Waals surface area contributed by atoms with Crippen LogP contribution in [0, 0.1) is 5.92 Å². The third kappa shape index (κ3) is 3.60. The van der Waals surface area contributed by atoms with E-state index in [2.05, 4.69) is 30.3 Å². The molecule has 2 atom stereocenters. The number of ether oxygens (including phenoxy) is 2. The summed E-state index contributed by atoms with van der Waals surface area (Å²) < 4.78 is 12.5. The minimum absolute atomic E-state index is 0.0570. The number of hydrogen-bond donors (Lipinski definition) is 0. The molecule has 0 radical (unpaired) electrons. The van der Waals surface area contributed by atoms with E-state index in [-0.39, 0.29) is 6.29 Å². The van der Waals surface area contributed by atoms with E-state index in [1.54, 1.807) is 0 Å². The van der Waals surface area contributed by atoms with Crippen molar-refractivity contribution in [1.29, 1.82) is 0 Å². The van der Waals surface area contributed by atoms with Crippen LogP contribution in [0.15, 0.2) is 30.3 Å². The van der Waals surface area contributed by atoms with Crippen molar-refractivity contribution in [1.82, 2.24) is 0 Å². The Balaban J connectivity index is 1.72. The summed E-state index contributed by atoms with van der Waals surface area (Å²) in [6.45, 7) is 3.64. The Morgan fingerprint density at radius 3 is 2.94 bits per heavy atom. The van der Waals surface area contributed by atoms with Gasteiger partial charge in [-0.3, -0.25) is 0 Å². The summed E-state index contributed by atoms with van der Waals surface area (Å²) >= 11 is 0.580. The van der Waals surface area contributed by atoms with Gasteiger partial charge in [-0.25, -0.2) is 0 Å². The molecule has 1 fully saturated rings. The van der Waals surface area contributed by atoms with E-state index in [0.29, 0.717) is 20.9 Å². The van der Waals surface area contributed by atoms with Gasteiger partial charge in [-0.05, 0) is 0 Å². The van der Waals surface area contributed by atoms with E-state index < -0.39 is 0 Å². The topological polar surface area (TPSA) is 18.5 Å². The average molecular weight is 285 g/mol. The van der Waals surface area contributed by atoms with Crippen LogP contribution in [0.4, 0.5) is 0 Å². The zero-order chi connectivity index (χ0) is 11.2. The van der Waals surface area contributed by atoms with Gasteiger partial charge in [-0.1, -0.05) is 0 Å². The fourth-order valence-corrected chi connectivity index (χ4v) is 3.92. The quantitative estimate of drug-likeness (QED) is 0.769. The van der Waals surface area contributed by atoms with Crippen molar-refractivity contribution >= 4 is 19.4 Å². The summed E-state index contributed by atoms with van der Waals surface area (Å²) in [5.41, 5.74) is 0. The summed E-state index contributed by atoms with van der Waals surface area (Å²) in [5.74, 6) is 0.691. The Hall–Kier alpha value is -0.341. The van der Waals surface area contributed by atoms with Gasteiger partial charge in [0.2, 0.25) is 0 Å². The predicted molar refractivity (Wildman–Crippen MR) is 66.1 cm³/mol. The summed E-state index contributed by atoms with van der Waals surface area (Å²) in [5, 5.41) is 1.26. The molecular weight excluding hydrogens is 267 g/mol. The SMILES string of the molecule is CCO[C@H]1C[C@H](C[Se]c2ccccc2)CO1. The average Bonchev–Trinajstić information content (AvgIpc) is 2.76. The van der Waals surface area contributed by atoms with Crippen LogP contribution in [0.2, 0.25) is 5.32 Å². The van der Waals surface area contributed by atoms with E-state index in [1.807, 2.05) is 6.92 Å². The van der Waals surface area contributed by atoms with E-state index in [0.717, 1.165) is 19.6 Å². The zero-order valence-electron chi connectivity index (χ0n) is 9.59. The van der Waals surface area contributed by atoms with Crippen molar-refractivity contribution in [2.75, 3.05) is 13.2 Å². The molecule has 1 saturated heterocycles. The van der Waals surface area contributed by atoms with E-state index in [4.69, 9.17) is 9.47 Å². The van der Waals surface area contributed by atoms with Crippen molar-refractivity contribution in [3.05, 3.63) is 30.3 Å². The molecule has 0 saturated carbocycles. The van der Waals surface area contributed by atoms with Crippen molar-refractivity contribution < 1.29 is 9.47 Å². The second-order valence-corrected chi connectivity index (χ2v) is 6.24. The molecule has 0 bridgehead atoms. The van der Waals surface area contributed by atoms with Gasteiger partial charge in [0.15, 0.2) is 0 Å². The first kappa shape index (κ1) is 12.1. The Labute approximate surface area is 103 Å². The molecule has 1 aromatic rings. The third-order valence-corrected chi connectivity index (χ3v) is 5.23. The van der Waals surface area contributed by atoms with Crippen molar-refractivity contribution in [3.8, 4) is 0 Å². The first-order valence-electron chi connectivity index (χ1n) is 5.79. The van der Waals surface area contributed by atoms with Crippen molar-refractivity contribution in [2.24, 2.45) is 5.92 Å². The molecule has 1 aliphatic rings. The van der Waals surface area contributed by atoms with Crippen LogP contribution in [-0.4, -0.2) is 34.5 Å². The molecule has 2 rings (SSSR count). The predicted octanol–water partition coefficient (Wildman–Crippen LogP) is 1.83. The van der Waals surface area contributed by atoms with Crippen molar-refractivity contribution in [3.63, 3.8) is 0 Å². The van der Waals surface area contributed by atoms with Gasteiger partial charge in [0.25, 0.3) is 0 Å². The van der Waals surface area contributed by atoms with Gasteiger partial charge in [0.1, 0.15) is 0 Å². The van der Waals surface area contributed by atoms with Crippen LogP contribution < -0.4 is 4.46 Å². The van der Waals surface area contributed by atoms with Gasteiger partial charge >= 0.3 is 103 Å². The molecule has 0 unspecified atom stereocenters. The summed E-state index contributed by atoms with van der Waals surface area (Å²) in [6.07, 6.45) is 1.13. The molecule has 1 aliphatic heterocycles. The molecular formula is C13H18O2Se. The summed E-state index contributed by atoms with van der Waals surface area (Å²) in [7, 11) is 0. The number of hydrogen-bond acceptors (Lipinski definition) is 2. The van der Waals surface area contributed by atoms with Gasteiger partial charge in [-0.15, -0.1) is 0 Å². The van der Waals surface area contributed by atoms with E-state index in [1.165, 1.54) is 9.78 Å². The van der Waals surface area contributed by atoms with Crippen LogP contribution in [0.25, 0.3) is 0 Å². The van der Waals surface area contributed by atoms with Crippen LogP contribution >= 0.6 is 0 Å². The molecule has 0 spiro atoms.